The number of carbonyl (C=O) groups excluding carboxylic acids is 2. The van der Waals surface area contributed by atoms with E-state index in [1.165, 1.54) is 12.0 Å². The van der Waals surface area contributed by atoms with Gasteiger partial charge in [-0.2, -0.15) is 4.98 Å². The van der Waals surface area contributed by atoms with Gasteiger partial charge in [0.15, 0.2) is 5.82 Å². The number of methoxy groups -OCH3 is 1. The molecule has 2 aromatic carbocycles. The first-order valence-corrected chi connectivity index (χ1v) is 19.6. The van der Waals surface area contributed by atoms with E-state index in [9.17, 15) is 18.0 Å². The molecule has 3 fully saturated rings. The van der Waals surface area contributed by atoms with E-state index in [1.807, 2.05) is 30.0 Å². The lowest BCUT2D eigenvalue weighted by atomic mass is 9.81. The second-order valence-corrected chi connectivity index (χ2v) is 17.3. The van der Waals surface area contributed by atoms with Gasteiger partial charge in [-0.05, 0) is 100 Å². The van der Waals surface area contributed by atoms with Crippen molar-refractivity contribution in [3.05, 3.63) is 64.8 Å². The lowest BCUT2D eigenvalue weighted by molar-refractivity contribution is -0.139. The molecular weight excluding hydrogens is 655 g/mol. The number of piperidine rings is 1. The first-order valence-electron chi connectivity index (χ1n) is 18.0. The molecule has 2 aliphatic carbocycles. The Labute approximate surface area is 292 Å². The molecule has 12 heteroatoms. The number of fused-ring (bicyclic) bond motifs is 7. The molecule has 264 valence electrons. The van der Waals surface area contributed by atoms with Crippen LogP contribution in [-0.2, 0) is 21.4 Å². The Kier molecular flexibility index (Phi) is 8.08. The van der Waals surface area contributed by atoms with E-state index >= 15 is 0 Å². The maximum atomic E-state index is 14.8. The Morgan fingerprint density at radius 1 is 1.02 bits per heavy atom. The van der Waals surface area contributed by atoms with Gasteiger partial charge in [0.1, 0.15) is 5.75 Å². The third kappa shape index (κ3) is 5.41. The molecule has 1 N–H and O–H groups in total. The number of hydrogen-bond donors (Lipinski definition) is 1. The summed E-state index contributed by atoms with van der Waals surface area (Å²) in [6.45, 7) is 6.62. The highest BCUT2D eigenvalue weighted by molar-refractivity contribution is 7.90. The van der Waals surface area contributed by atoms with Gasteiger partial charge in [0.05, 0.1) is 23.5 Å². The molecule has 2 atom stereocenters. The van der Waals surface area contributed by atoms with Crippen LogP contribution in [0.3, 0.4) is 0 Å². The fourth-order valence-electron chi connectivity index (χ4n) is 8.85. The van der Waals surface area contributed by atoms with E-state index in [-0.39, 0.29) is 23.3 Å². The van der Waals surface area contributed by atoms with Crippen LogP contribution in [0.25, 0.3) is 22.2 Å². The summed E-state index contributed by atoms with van der Waals surface area (Å²) in [7, 11) is -2.14. The third-order valence-corrected chi connectivity index (χ3v) is 13.5. The summed E-state index contributed by atoms with van der Waals surface area (Å²) >= 11 is 0. The molecule has 0 spiro atoms. The van der Waals surface area contributed by atoms with Crippen molar-refractivity contribution in [2.45, 2.75) is 102 Å². The van der Waals surface area contributed by atoms with E-state index < -0.39 is 26.6 Å². The molecule has 50 heavy (non-hydrogen) atoms. The minimum atomic E-state index is -3.82. The molecule has 11 nitrogen and oxygen atoms in total. The van der Waals surface area contributed by atoms with Crippen molar-refractivity contribution in [1.29, 1.82) is 0 Å². The van der Waals surface area contributed by atoms with Crippen LogP contribution in [0.15, 0.2) is 40.9 Å². The molecule has 0 radical (unpaired) electrons. The predicted octanol–water partition coefficient (Wildman–Crippen LogP) is 6.42. The number of benzene rings is 2. The van der Waals surface area contributed by atoms with Crippen LogP contribution in [0, 0.1) is 12.3 Å². The summed E-state index contributed by atoms with van der Waals surface area (Å²) in [5.41, 5.74) is 5.11. The molecule has 4 aliphatic rings. The number of aryl methyl sites for hydroxylation is 1. The van der Waals surface area contributed by atoms with Gasteiger partial charge < -0.3 is 18.7 Å². The highest BCUT2D eigenvalue weighted by Crippen LogP contribution is 2.66. The van der Waals surface area contributed by atoms with Crippen molar-refractivity contribution in [2.24, 2.45) is 5.41 Å². The molecule has 4 heterocycles. The van der Waals surface area contributed by atoms with Crippen molar-refractivity contribution < 1.29 is 27.3 Å². The summed E-state index contributed by atoms with van der Waals surface area (Å²) in [5, 5.41) is 4.29. The largest absolute Gasteiger partial charge is 0.497 e. The highest BCUT2D eigenvalue weighted by atomic mass is 32.2. The Balaban J connectivity index is 1.24. The van der Waals surface area contributed by atoms with Crippen LogP contribution >= 0.6 is 0 Å². The maximum absolute atomic E-state index is 14.8. The van der Waals surface area contributed by atoms with Crippen molar-refractivity contribution >= 4 is 32.7 Å². The van der Waals surface area contributed by atoms with Crippen LogP contribution in [-0.4, -0.2) is 65.3 Å². The van der Waals surface area contributed by atoms with Crippen molar-refractivity contribution in [1.82, 2.24) is 24.3 Å². The normalized spacial score (nSPS) is 22.5. The molecule has 2 aromatic heterocycles. The Morgan fingerprint density at radius 2 is 1.78 bits per heavy atom. The van der Waals surface area contributed by atoms with Crippen molar-refractivity contribution in [3.8, 4) is 17.0 Å². The highest BCUT2D eigenvalue weighted by Gasteiger charge is 2.64. The quantitative estimate of drug-likeness (QED) is 0.234. The average molecular weight is 700 g/mol. The maximum Gasteiger partial charge on any atom is 0.264 e. The van der Waals surface area contributed by atoms with Gasteiger partial charge in [0.25, 0.3) is 5.91 Å². The minimum absolute atomic E-state index is 0.0215. The number of aromatic nitrogens is 3. The van der Waals surface area contributed by atoms with Gasteiger partial charge >= 0.3 is 0 Å². The van der Waals surface area contributed by atoms with E-state index in [0.29, 0.717) is 37.3 Å². The minimum Gasteiger partial charge on any atom is -0.497 e. The summed E-state index contributed by atoms with van der Waals surface area (Å²) < 4.78 is 41.1. The molecule has 8 rings (SSSR count). The Hall–Kier alpha value is -4.19. The van der Waals surface area contributed by atoms with E-state index in [2.05, 4.69) is 31.6 Å². The number of carbonyl (C=O) groups is 2. The SMILES string of the molecule is COc1ccc2c(c1)C1CC1(C(=O)N1CCC(c3nc(C)no3)CC1)Cn1c-2c(C2CCCCC2)c2ccc(C(=O)NS(=O)(=O)C(C)C)cc21. The van der Waals surface area contributed by atoms with Gasteiger partial charge in [-0.1, -0.05) is 30.5 Å². The topological polar surface area (TPSA) is 137 Å². The van der Waals surface area contributed by atoms with Gasteiger partial charge in [-0.25, -0.2) is 13.1 Å². The van der Waals surface area contributed by atoms with Gasteiger partial charge in [0, 0.05) is 53.5 Å². The predicted molar refractivity (Wildman–Crippen MR) is 189 cm³/mol. The summed E-state index contributed by atoms with van der Waals surface area (Å²) in [6, 6.07) is 11.8. The Morgan fingerprint density at radius 3 is 2.46 bits per heavy atom. The smallest absolute Gasteiger partial charge is 0.264 e. The molecular formula is C38H45N5O6S. The number of rotatable bonds is 7. The monoisotopic (exact) mass is 699 g/mol. The first-order chi connectivity index (χ1) is 24.0. The van der Waals surface area contributed by atoms with Gasteiger partial charge in [-0.3, -0.25) is 9.59 Å². The number of sulfonamides is 1. The number of ether oxygens (including phenoxy) is 1. The lowest BCUT2D eigenvalue weighted by Gasteiger charge is -2.34. The number of hydrogen-bond acceptors (Lipinski definition) is 8. The molecule has 1 saturated heterocycles. The number of amides is 2. The van der Waals surface area contributed by atoms with E-state index in [4.69, 9.17) is 9.26 Å². The van der Waals surface area contributed by atoms with Crippen molar-refractivity contribution in [2.75, 3.05) is 20.2 Å². The second kappa shape index (κ2) is 12.2. The summed E-state index contributed by atoms with van der Waals surface area (Å²) in [6.07, 6.45) is 7.94. The van der Waals surface area contributed by atoms with Gasteiger partial charge in [-0.15, -0.1) is 0 Å². The van der Waals surface area contributed by atoms with Crippen LogP contribution < -0.4 is 9.46 Å². The van der Waals surface area contributed by atoms with Crippen LogP contribution in [0.2, 0.25) is 0 Å². The Bertz CT molecular complexity index is 2100. The third-order valence-electron chi connectivity index (χ3n) is 11.7. The second-order valence-electron chi connectivity index (χ2n) is 15.1. The number of nitrogens with zero attached hydrogens (tertiary/aromatic N) is 4. The zero-order valence-electron chi connectivity index (χ0n) is 29.2. The summed E-state index contributed by atoms with van der Waals surface area (Å²) in [4.78, 5) is 34.7. The molecule has 0 bridgehead atoms. The van der Waals surface area contributed by atoms with Crippen LogP contribution in [0.4, 0.5) is 0 Å². The van der Waals surface area contributed by atoms with Crippen LogP contribution in [0.5, 0.6) is 5.75 Å². The molecule has 4 aromatic rings. The molecule has 2 saturated carbocycles. The molecule has 2 aliphatic heterocycles. The molecule has 2 amide bonds. The lowest BCUT2D eigenvalue weighted by Crippen LogP contribution is -2.44. The summed E-state index contributed by atoms with van der Waals surface area (Å²) in [5.74, 6) is 2.03. The fraction of sp³-hybridized carbons (Fsp3) is 0.526. The van der Waals surface area contributed by atoms with E-state index in [0.717, 1.165) is 78.4 Å². The zero-order chi connectivity index (χ0) is 34.9. The van der Waals surface area contributed by atoms with Crippen molar-refractivity contribution in [3.63, 3.8) is 0 Å². The molecule has 2 unspecified atom stereocenters. The van der Waals surface area contributed by atoms with Gasteiger partial charge in [0.2, 0.25) is 21.8 Å². The number of likely N-dealkylation sites (tertiary alicyclic amines) is 1. The average Bonchev–Trinajstić information content (AvgIpc) is 3.58. The first kappa shape index (κ1) is 33.0. The zero-order valence-corrected chi connectivity index (χ0v) is 30.0. The standard InChI is InChI=1S/C38H45N5O6S/c1-22(2)50(46,47)41-35(44)26-10-12-29-32(18-26)43-21-38(37(45)42-16-14-25(15-17-42)36-39-23(3)40-49-36)20-31(38)30-19-27(48-4)11-13-28(30)34(43)33(29)24-8-6-5-7-9-24/h10-13,18-19,22,24-25,31H,5-9,14-17,20-21H2,1-4H3,(H,41,44). The van der Waals surface area contributed by atoms with Crippen LogP contribution in [0.1, 0.15) is 116 Å². The fourth-order valence-corrected chi connectivity index (χ4v) is 9.46. The van der Waals surface area contributed by atoms with E-state index in [1.54, 1.807) is 27.0 Å². The number of nitrogens with one attached hydrogen (secondary N) is 1.